The van der Waals surface area contributed by atoms with Gasteiger partial charge in [-0.3, -0.25) is 4.79 Å². The van der Waals surface area contributed by atoms with Gasteiger partial charge in [-0.2, -0.15) is 0 Å². The van der Waals surface area contributed by atoms with Crippen molar-refractivity contribution in [1.82, 2.24) is 4.90 Å². The molecule has 0 aromatic heterocycles. The molecule has 1 aliphatic heterocycles. The monoisotopic (exact) mass is 245 g/mol. The topological polar surface area (TPSA) is 40.5 Å². The largest absolute Gasteiger partial charge is 0.507 e. The minimum Gasteiger partial charge on any atom is -0.507 e. The maximum atomic E-state index is 12.4. The molecule has 2 fully saturated rings. The number of aryl methyl sites for hydroxylation is 1. The summed E-state index contributed by atoms with van der Waals surface area (Å²) in [6.07, 6.45) is 3.83. The highest BCUT2D eigenvalue weighted by atomic mass is 16.3. The molecule has 0 radical (unpaired) electrons. The molecule has 2 atom stereocenters. The number of fused-ring (bicyclic) bond motifs is 1. The number of hydrogen-bond donors (Lipinski definition) is 1. The molecular formula is C15H19NO2. The van der Waals surface area contributed by atoms with Crippen LogP contribution in [0.1, 0.15) is 35.2 Å². The Balaban J connectivity index is 1.81. The third-order valence-electron chi connectivity index (χ3n) is 4.48. The number of hydrogen-bond acceptors (Lipinski definition) is 2. The van der Waals surface area contributed by atoms with Crippen molar-refractivity contribution in [3.8, 4) is 5.75 Å². The van der Waals surface area contributed by atoms with Crippen molar-refractivity contribution >= 4 is 5.91 Å². The molecule has 1 amide bonds. The SMILES string of the molecule is Cc1cccc(C(=O)N2CC3CCCC3C2)c1O. The molecule has 1 aromatic rings. The van der Waals surface area contributed by atoms with Gasteiger partial charge in [0.05, 0.1) is 5.56 Å². The van der Waals surface area contributed by atoms with Crippen LogP contribution < -0.4 is 0 Å². The van der Waals surface area contributed by atoms with Crippen molar-refractivity contribution in [2.24, 2.45) is 11.8 Å². The van der Waals surface area contributed by atoms with Crippen LogP contribution in [0.3, 0.4) is 0 Å². The van der Waals surface area contributed by atoms with Gasteiger partial charge >= 0.3 is 0 Å². The first-order chi connectivity index (χ1) is 8.66. The van der Waals surface area contributed by atoms with Crippen LogP contribution in [0.25, 0.3) is 0 Å². The number of carbonyl (C=O) groups excluding carboxylic acids is 1. The van der Waals surface area contributed by atoms with Gasteiger partial charge in [0.25, 0.3) is 5.91 Å². The summed E-state index contributed by atoms with van der Waals surface area (Å²) in [4.78, 5) is 14.3. The van der Waals surface area contributed by atoms with Gasteiger partial charge in [-0.05, 0) is 43.2 Å². The molecule has 3 rings (SSSR count). The summed E-state index contributed by atoms with van der Waals surface area (Å²) in [6.45, 7) is 3.57. The zero-order chi connectivity index (χ0) is 12.7. The van der Waals surface area contributed by atoms with Gasteiger partial charge in [-0.1, -0.05) is 18.6 Å². The molecule has 0 spiro atoms. The van der Waals surface area contributed by atoms with E-state index in [0.29, 0.717) is 17.4 Å². The van der Waals surface area contributed by atoms with E-state index in [0.717, 1.165) is 18.7 Å². The maximum absolute atomic E-state index is 12.4. The molecule has 2 unspecified atom stereocenters. The van der Waals surface area contributed by atoms with Gasteiger partial charge in [0, 0.05) is 13.1 Å². The first kappa shape index (κ1) is 11.6. The zero-order valence-electron chi connectivity index (χ0n) is 10.7. The van der Waals surface area contributed by atoms with Gasteiger partial charge < -0.3 is 10.0 Å². The van der Waals surface area contributed by atoms with E-state index in [1.54, 1.807) is 6.07 Å². The van der Waals surface area contributed by atoms with E-state index < -0.39 is 0 Å². The summed E-state index contributed by atoms with van der Waals surface area (Å²) in [5, 5.41) is 9.98. The second-order valence-electron chi connectivity index (χ2n) is 5.63. The number of likely N-dealkylation sites (tertiary alicyclic amines) is 1. The number of carbonyl (C=O) groups is 1. The fraction of sp³-hybridized carbons (Fsp3) is 0.533. The number of nitrogens with zero attached hydrogens (tertiary/aromatic N) is 1. The summed E-state index contributed by atoms with van der Waals surface area (Å²) in [6, 6.07) is 5.38. The van der Waals surface area contributed by atoms with Crippen LogP contribution in [-0.2, 0) is 0 Å². The fourth-order valence-corrected chi connectivity index (χ4v) is 3.40. The Morgan fingerprint density at radius 1 is 1.28 bits per heavy atom. The van der Waals surface area contributed by atoms with Crippen LogP contribution in [0.2, 0.25) is 0 Å². The smallest absolute Gasteiger partial charge is 0.257 e. The average Bonchev–Trinajstić information content (AvgIpc) is 2.92. The number of rotatable bonds is 1. The molecule has 1 saturated heterocycles. The Labute approximate surface area is 107 Å². The summed E-state index contributed by atoms with van der Waals surface area (Å²) in [7, 11) is 0. The van der Waals surface area contributed by atoms with Crippen molar-refractivity contribution < 1.29 is 9.90 Å². The van der Waals surface area contributed by atoms with Gasteiger partial charge in [0.1, 0.15) is 5.75 Å². The first-order valence-corrected chi connectivity index (χ1v) is 6.74. The van der Waals surface area contributed by atoms with Crippen molar-refractivity contribution in [2.45, 2.75) is 26.2 Å². The highest BCUT2D eigenvalue weighted by Gasteiger charge is 2.38. The Hall–Kier alpha value is -1.51. The maximum Gasteiger partial charge on any atom is 0.257 e. The molecule has 1 saturated carbocycles. The molecular weight excluding hydrogens is 226 g/mol. The Morgan fingerprint density at radius 2 is 1.94 bits per heavy atom. The Bertz CT molecular complexity index is 471. The van der Waals surface area contributed by atoms with Crippen molar-refractivity contribution in [3.05, 3.63) is 29.3 Å². The van der Waals surface area contributed by atoms with Gasteiger partial charge in [0.2, 0.25) is 0 Å². The van der Waals surface area contributed by atoms with Crippen LogP contribution in [0.15, 0.2) is 18.2 Å². The van der Waals surface area contributed by atoms with Crippen molar-refractivity contribution in [1.29, 1.82) is 0 Å². The average molecular weight is 245 g/mol. The van der Waals surface area contributed by atoms with Crippen LogP contribution in [-0.4, -0.2) is 29.0 Å². The minimum absolute atomic E-state index is 0.00870. The molecule has 18 heavy (non-hydrogen) atoms. The van der Waals surface area contributed by atoms with E-state index in [1.165, 1.54) is 19.3 Å². The lowest BCUT2D eigenvalue weighted by Gasteiger charge is -2.18. The summed E-state index contributed by atoms with van der Waals surface area (Å²) in [5.41, 5.74) is 1.22. The van der Waals surface area contributed by atoms with E-state index in [-0.39, 0.29) is 11.7 Å². The number of phenolic OH excluding ortho intramolecular Hbond substituents is 1. The lowest BCUT2D eigenvalue weighted by Crippen LogP contribution is -2.29. The van der Waals surface area contributed by atoms with E-state index in [4.69, 9.17) is 0 Å². The van der Waals surface area contributed by atoms with Crippen LogP contribution in [0.5, 0.6) is 5.75 Å². The quantitative estimate of drug-likeness (QED) is 0.826. The highest BCUT2D eigenvalue weighted by molar-refractivity contribution is 5.97. The number of para-hydroxylation sites is 1. The number of phenols is 1. The number of aromatic hydroxyl groups is 1. The van der Waals surface area contributed by atoms with Gasteiger partial charge in [-0.25, -0.2) is 0 Å². The molecule has 1 aliphatic carbocycles. The molecule has 2 aliphatic rings. The fourth-order valence-electron chi connectivity index (χ4n) is 3.40. The molecule has 1 aromatic carbocycles. The summed E-state index contributed by atoms with van der Waals surface area (Å²) in [5.74, 6) is 1.52. The van der Waals surface area contributed by atoms with E-state index in [1.807, 2.05) is 24.0 Å². The van der Waals surface area contributed by atoms with Crippen LogP contribution in [0.4, 0.5) is 0 Å². The number of benzene rings is 1. The molecule has 1 heterocycles. The normalized spacial score (nSPS) is 26.4. The first-order valence-electron chi connectivity index (χ1n) is 6.74. The zero-order valence-corrected chi connectivity index (χ0v) is 10.7. The van der Waals surface area contributed by atoms with Gasteiger partial charge in [0.15, 0.2) is 0 Å². The van der Waals surface area contributed by atoms with E-state index in [9.17, 15) is 9.90 Å². The second kappa shape index (κ2) is 4.30. The van der Waals surface area contributed by atoms with Crippen LogP contribution >= 0.6 is 0 Å². The standard InChI is InChI=1S/C15H19NO2/c1-10-4-2-7-13(14(10)17)15(18)16-8-11-5-3-6-12(11)9-16/h2,4,7,11-12,17H,3,5-6,8-9H2,1H3. The molecule has 3 heteroatoms. The highest BCUT2D eigenvalue weighted by Crippen LogP contribution is 2.38. The molecule has 0 bridgehead atoms. The second-order valence-corrected chi connectivity index (χ2v) is 5.63. The molecule has 3 nitrogen and oxygen atoms in total. The van der Waals surface area contributed by atoms with E-state index in [2.05, 4.69) is 0 Å². The number of amides is 1. The van der Waals surface area contributed by atoms with Gasteiger partial charge in [-0.15, -0.1) is 0 Å². The summed E-state index contributed by atoms with van der Waals surface area (Å²) < 4.78 is 0. The Morgan fingerprint density at radius 3 is 2.61 bits per heavy atom. The van der Waals surface area contributed by atoms with Crippen LogP contribution in [0, 0.1) is 18.8 Å². The van der Waals surface area contributed by atoms with Crippen molar-refractivity contribution in [2.75, 3.05) is 13.1 Å². The summed E-state index contributed by atoms with van der Waals surface area (Å²) >= 11 is 0. The molecule has 1 N–H and O–H groups in total. The predicted molar refractivity (Wildman–Crippen MR) is 69.6 cm³/mol. The third kappa shape index (κ3) is 1.78. The lowest BCUT2D eigenvalue weighted by atomic mass is 10.0. The Kier molecular flexibility index (Phi) is 2.77. The minimum atomic E-state index is -0.00870. The lowest BCUT2D eigenvalue weighted by molar-refractivity contribution is 0.0777. The third-order valence-corrected chi connectivity index (χ3v) is 4.48. The molecule has 96 valence electrons. The van der Waals surface area contributed by atoms with E-state index >= 15 is 0 Å². The van der Waals surface area contributed by atoms with Crippen molar-refractivity contribution in [3.63, 3.8) is 0 Å². The predicted octanol–water partition coefficient (Wildman–Crippen LogP) is 2.57.